The van der Waals surface area contributed by atoms with E-state index in [0.29, 0.717) is 5.95 Å². The van der Waals surface area contributed by atoms with E-state index in [2.05, 4.69) is 20.2 Å². The quantitative estimate of drug-likeness (QED) is 0.691. The second-order valence-electron chi connectivity index (χ2n) is 4.43. The lowest BCUT2D eigenvalue weighted by atomic mass is 10.2. The molecule has 0 bridgehead atoms. The van der Waals surface area contributed by atoms with Crippen LogP contribution in [0.3, 0.4) is 0 Å². The van der Waals surface area contributed by atoms with Crippen LogP contribution in [0, 0.1) is 6.92 Å². The van der Waals surface area contributed by atoms with Gasteiger partial charge in [0, 0.05) is 38.5 Å². The first-order valence-corrected chi connectivity index (χ1v) is 6.59. The third-order valence-electron chi connectivity index (χ3n) is 2.72. The maximum Gasteiger partial charge on any atom is 0.224 e. The minimum absolute atomic E-state index is 0.279. The van der Waals surface area contributed by atoms with Crippen molar-refractivity contribution in [2.75, 3.05) is 37.0 Å². The lowest BCUT2D eigenvalue weighted by Crippen LogP contribution is -2.21. The van der Waals surface area contributed by atoms with Gasteiger partial charge in [-0.15, -0.1) is 0 Å². The van der Waals surface area contributed by atoms with Crippen LogP contribution in [0.1, 0.15) is 31.9 Å². The van der Waals surface area contributed by atoms with Gasteiger partial charge in [0.25, 0.3) is 0 Å². The van der Waals surface area contributed by atoms with Crippen molar-refractivity contribution in [2.24, 2.45) is 0 Å². The van der Waals surface area contributed by atoms with Crippen molar-refractivity contribution in [3.63, 3.8) is 0 Å². The van der Waals surface area contributed by atoms with E-state index < -0.39 is 0 Å². The Morgan fingerprint density at radius 2 is 2.06 bits per heavy atom. The third kappa shape index (κ3) is 4.87. The summed E-state index contributed by atoms with van der Waals surface area (Å²) in [5.41, 5.74) is 0.971. The van der Waals surface area contributed by atoms with E-state index in [0.717, 1.165) is 43.9 Å². The van der Waals surface area contributed by atoms with Gasteiger partial charge in [0.15, 0.2) is 0 Å². The third-order valence-corrected chi connectivity index (χ3v) is 2.72. The smallest absolute Gasteiger partial charge is 0.224 e. The lowest BCUT2D eigenvalue weighted by molar-refractivity contribution is 0.283. The van der Waals surface area contributed by atoms with Gasteiger partial charge in [-0.05, 0) is 33.1 Å². The highest BCUT2D eigenvalue weighted by Crippen LogP contribution is 2.14. The molecule has 1 aromatic rings. The fourth-order valence-electron chi connectivity index (χ4n) is 1.74. The number of aliphatic hydroxyl groups is 1. The lowest BCUT2D eigenvalue weighted by Gasteiger charge is -2.19. The summed E-state index contributed by atoms with van der Waals surface area (Å²) in [6, 6.07) is 1.99. The van der Waals surface area contributed by atoms with E-state index in [1.807, 2.05) is 27.0 Å². The molecule has 0 fully saturated rings. The molecule has 0 aliphatic rings. The van der Waals surface area contributed by atoms with Crippen LogP contribution in [0.15, 0.2) is 6.07 Å². The number of aromatic nitrogens is 2. The Hall–Kier alpha value is -1.36. The van der Waals surface area contributed by atoms with Gasteiger partial charge >= 0.3 is 0 Å². The molecular formula is C13H24N4O. The van der Waals surface area contributed by atoms with Crippen molar-refractivity contribution in [3.05, 3.63) is 11.8 Å². The topological polar surface area (TPSA) is 61.3 Å². The predicted molar refractivity (Wildman–Crippen MR) is 75.1 cm³/mol. The summed E-state index contributed by atoms with van der Waals surface area (Å²) in [6.45, 7) is 6.06. The molecule has 0 radical (unpaired) electrons. The Morgan fingerprint density at radius 3 is 2.72 bits per heavy atom. The monoisotopic (exact) mass is 252 g/mol. The SMILES string of the molecule is CCNc1nc(C)cc(N(C)CCCCCO)n1. The first kappa shape index (κ1) is 14.7. The van der Waals surface area contributed by atoms with Crippen LogP contribution < -0.4 is 10.2 Å². The van der Waals surface area contributed by atoms with E-state index in [9.17, 15) is 0 Å². The van der Waals surface area contributed by atoms with E-state index in [4.69, 9.17) is 5.11 Å². The summed E-state index contributed by atoms with van der Waals surface area (Å²) in [5.74, 6) is 1.64. The van der Waals surface area contributed by atoms with Crippen molar-refractivity contribution in [1.29, 1.82) is 0 Å². The molecule has 0 atom stereocenters. The van der Waals surface area contributed by atoms with Crippen molar-refractivity contribution < 1.29 is 5.11 Å². The van der Waals surface area contributed by atoms with Crippen LogP contribution in [0.4, 0.5) is 11.8 Å². The molecular weight excluding hydrogens is 228 g/mol. The van der Waals surface area contributed by atoms with E-state index in [1.165, 1.54) is 0 Å². The van der Waals surface area contributed by atoms with Gasteiger partial charge in [0.05, 0.1) is 0 Å². The molecule has 1 aromatic heterocycles. The number of hydrogen-bond donors (Lipinski definition) is 2. The van der Waals surface area contributed by atoms with Crippen LogP contribution in [0.5, 0.6) is 0 Å². The predicted octanol–water partition coefficient (Wildman–Crippen LogP) is 1.82. The molecule has 0 saturated carbocycles. The number of aryl methyl sites for hydroxylation is 1. The Kier molecular flexibility index (Phi) is 6.43. The molecule has 0 amide bonds. The Balaban J connectivity index is 2.58. The molecule has 0 spiro atoms. The molecule has 5 nitrogen and oxygen atoms in total. The Labute approximate surface area is 109 Å². The van der Waals surface area contributed by atoms with E-state index in [-0.39, 0.29) is 6.61 Å². The van der Waals surface area contributed by atoms with Gasteiger partial charge in [0.1, 0.15) is 5.82 Å². The minimum Gasteiger partial charge on any atom is -0.396 e. The number of anilines is 2. The Morgan fingerprint density at radius 1 is 1.28 bits per heavy atom. The highest BCUT2D eigenvalue weighted by Gasteiger charge is 2.06. The van der Waals surface area contributed by atoms with Crippen molar-refractivity contribution >= 4 is 11.8 Å². The van der Waals surface area contributed by atoms with Crippen LogP contribution >= 0.6 is 0 Å². The second-order valence-corrected chi connectivity index (χ2v) is 4.43. The molecule has 0 aliphatic carbocycles. The van der Waals surface area contributed by atoms with Gasteiger partial charge in [0.2, 0.25) is 5.95 Å². The zero-order chi connectivity index (χ0) is 13.4. The number of rotatable bonds is 8. The number of unbranched alkanes of at least 4 members (excludes halogenated alkanes) is 2. The maximum absolute atomic E-state index is 8.74. The average molecular weight is 252 g/mol. The summed E-state index contributed by atoms with van der Waals surface area (Å²) in [6.07, 6.45) is 2.99. The number of hydrogen-bond acceptors (Lipinski definition) is 5. The molecule has 0 aliphatic heterocycles. The van der Waals surface area contributed by atoms with Crippen LogP contribution in [0.25, 0.3) is 0 Å². The Bertz CT molecular complexity index is 357. The molecule has 0 unspecified atom stereocenters. The molecule has 1 rings (SSSR count). The maximum atomic E-state index is 8.74. The normalized spacial score (nSPS) is 10.4. The molecule has 102 valence electrons. The number of nitrogens with one attached hydrogen (secondary N) is 1. The average Bonchev–Trinajstić information content (AvgIpc) is 2.34. The largest absolute Gasteiger partial charge is 0.396 e. The molecule has 18 heavy (non-hydrogen) atoms. The highest BCUT2D eigenvalue weighted by molar-refractivity contribution is 5.43. The first-order chi connectivity index (χ1) is 8.67. The minimum atomic E-state index is 0.279. The molecule has 2 N–H and O–H groups in total. The number of aliphatic hydroxyl groups excluding tert-OH is 1. The van der Waals surface area contributed by atoms with Gasteiger partial charge in [-0.25, -0.2) is 4.98 Å². The molecule has 0 saturated heterocycles. The van der Waals surface area contributed by atoms with Crippen molar-refractivity contribution in [2.45, 2.75) is 33.1 Å². The summed E-state index contributed by atoms with van der Waals surface area (Å²) in [5, 5.41) is 11.9. The summed E-state index contributed by atoms with van der Waals surface area (Å²) < 4.78 is 0. The van der Waals surface area contributed by atoms with E-state index >= 15 is 0 Å². The summed E-state index contributed by atoms with van der Waals surface area (Å²) in [4.78, 5) is 10.9. The fourth-order valence-corrected chi connectivity index (χ4v) is 1.74. The standard InChI is InChI=1S/C13H24N4O/c1-4-14-13-15-11(2)10-12(16-13)17(3)8-6-5-7-9-18/h10,18H,4-9H2,1-3H3,(H,14,15,16). The molecule has 0 aromatic carbocycles. The van der Waals surface area contributed by atoms with Gasteiger partial charge in [-0.1, -0.05) is 0 Å². The van der Waals surface area contributed by atoms with Gasteiger partial charge in [-0.2, -0.15) is 4.98 Å². The van der Waals surface area contributed by atoms with Crippen molar-refractivity contribution in [3.8, 4) is 0 Å². The highest BCUT2D eigenvalue weighted by atomic mass is 16.2. The van der Waals surface area contributed by atoms with Crippen molar-refractivity contribution in [1.82, 2.24) is 9.97 Å². The van der Waals surface area contributed by atoms with Crippen LogP contribution in [-0.2, 0) is 0 Å². The summed E-state index contributed by atoms with van der Waals surface area (Å²) in [7, 11) is 2.04. The zero-order valence-electron chi connectivity index (χ0n) is 11.6. The molecule has 1 heterocycles. The van der Waals surface area contributed by atoms with Gasteiger partial charge < -0.3 is 15.3 Å². The van der Waals surface area contributed by atoms with Crippen LogP contribution in [-0.4, -0.2) is 41.8 Å². The molecule has 5 heteroatoms. The zero-order valence-corrected chi connectivity index (χ0v) is 11.6. The van der Waals surface area contributed by atoms with Gasteiger partial charge in [-0.3, -0.25) is 0 Å². The van der Waals surface area contributed by atoms with E-state index in [1.54, 1.807) is 0 Å². The summed E-state index contributed by atoms with van der Waals surface area (Å²) >= 11 is 0. The first-order valence-electron chi connectivity index (χ1n) is 6.59. The fraction of sp³-hybridized carbons (Fsp3) is 0.692. The van der Waals surface area contributed by atoms with Crippen LogP contribution in [0.2, 0.25) is 0 Å². The number of nitrogens with zero attached hydrogens (tertiary/aromatic N) is 3. The second kappa shape index (κ2) is 7.87.